The summed E-state index contributed by atoms with van der Waals surface area (Å²) >= 11 is 0. The number of guanidine groups is 1. The van der Waals surface area contributed by atoms with Crippen LogP contribution in [0.3, 0.4) is 0 Å². The Morgan fingerprint density at radius 1 is 1.23 bits per heavy atom. The standard InChI is InChI=1S/C19H32N4O3/c1-3-25-18(24)23-11-9-22(10-12-23)17(20-2)21-15-14-6-13-26-16(14)19(15)7-4-5-8-19/h14-16H,3-13H2,1-2H3,(H,20,21). The fourth-order valence-corrected chi connectivity index (χ4v) is 5.66. The summed E-state index contributed by atoms with van der Waals surface area (Å²) in [6.45, 7) is 6.14. The van der Waals surface area contributed by atoms with E-state index in [1.165, 1.54) is 25.7 Å². The Morgan fingerprint density at radius 3 is 2.58 bits per heavy atom. The van der Waals surface area contributed by atoms with Gasteiger partial charge in [-0.1, -0.05) is 12.8 Å². The largest absolute Gasteiger partial charge is 0.450 e. The van der Waals surface area contributed by atoms with Crippen molar-refractivity contribution in [2.75, 3.05) is 46.4 Å². The number of amides is 1. The zero-order valence-electron chi connectivity index (χ0n) is 16.1. The quantitative estimate of drug-likeness (QED) is 0.597. The van der Waals surface area contributed by atoms with Crippen LogP contribution in [0.1, 0.15) is 39.0 Å². The average Bonchev–Trinajstić information content (AvgIpc) is 3.32. The SMILES string of the molecule is CCOC(=O)N1CCN(C(=NC)NC2C3CCOC3C23CCCC3)CC1. The van der Waals surface area contributed by atoms with Gasteiger partial charge in [0.1, 0.15) is 0 Å². The fraction of sp³-hybridized carbons (Fsp3) is 0.895. The van der Waals surface area contributed by atoms with Crippen LogP contribution < -0.4 is 5.32 Å². The van der Waals surface area contributed by atoms with E-state index in [0.29, 0.717) is 43.2 Å². The highest BCUT2D eigenvalue weighted by Crippen LogP contribution is 2.60. The summed E-state index contributed by atoms with van der Waals surface area (Å²) in [5, 5.41) is 3.81. The number of piperazine rings is 1. The van der Waals surface area contributed by atoms with E-state index in [2.05, 4.69) is 15.2 Å². The molecule has 146 valence electrons. The number of hydrogen-bond acceptors (Lipinski definition) is 4. The van der Waals surface area contributed by atoms with E-state index in [0.717, 1.165) is 32.1 Å². The van der Waals surface area contributed by atoms with Gasteiger partial charge in [-0.25, -0.2) is 4.79 Å². The maximum Gasteiger partial charge on any atom is 0.409 e. The Hall–Kier alpha value is -1.50. The Balaban J connectivity index is 1.37. The van der Waals surface area contributed by atoms with Crippen molar-refractivity contribution in [3.05, 3.63) is 0 Å². The summed E-state index contributed by atoms with van der Waals surface area (Å²) in [5.41, 5.74) is 0.323. The lowest BCUT2D eigenvalue weighted by atomic mass is 9.54. The Bertz CT molecular complexity index is 553. The van der Waals surface area contributed by atoms with E-state index in [9.17, 15) is 4.79 Å². The van der Waals surface area contributed by atoms with Crippen molar-refractivity contribution in [1.29, 1.82) is 0 Å². The van der Waals surface area contributed by atoms with E-state index in [1.54, 1.807) is 4.90 Å². The molecule has 2 aliphatic carbocycles. The molecule has 4 rings (SSSR count). The van der Waals surface area contributed by atoms with Crippen molar-refractivity contribution >= 4 is 12.1 Å². The fourth-order valence-electron chi connectivity index (χ4n) is 5.66. The first kappa shape index (κ1) is 17.9. The van der Waals surface area contributed by atoms with Crippen LogP contribution in [0.2, 0.25) is 0 Å². The molecule has 3 atom stereocenters. The van der Waals surface area contributed by atoms with Gasteiger partial charge in [0.15, 0.2) is 5.96 Å². The van der Waals surface area contributed by atoms with Gasteiger partial charge in [0.2, 0.25) is 0 Å². The first-order valence-electron chi connectivity index (χ1n) is 10.2. The minimum Gasteiger partial charge on any atom is -0.450 e. The van der Waals surface area contributed by atoms with Gasteiger partial charge in [0.25, 0.3) is 0 Å². The third-order valence-corrected chi connectivity index (χ3v) is 6.89. The maximum absolute atomic E-state index is 11.9. The third kappa shape index (κ3) is 2.84. The third-order valence-electron chi connectivity index (χ3n) is 6.89. The summed E-state index contributed by atoms with van der Waals surface area (Å²) in [6.07, 6.45) is 6.62. The summed E-state index contributed by atoms with van der Waals surface area (Å²) < 4.78 is 11.2. The first-order chi connectivity index (χ1) is 12.7. The van der Waals surface area contributed by atoms with Gasteiger partial charge in [0, 0.05) is 57.2 Å². The highest BCUT2D eigenvalue weighted by atomic mass is 16.6. The molecular formula is C19H32N4O3. The lowest BCUT2D eigenvalue weighted by molar-refractivity contribution is -0.125. The van der Waals surface area contributed by atoms with E-state index >= 15 is 0 Å². The molecule has 0 radical (unpaired) electrons. The monoisotopic (exact) mass is 364 g/mol. The highest BCUT2D eigenvalue weighted by molar-refractivity contribution is 5.81. The molecule has 2 saturated heterocycles. The number of carbonyl (C=O) groups excluding carboxylic acids is 1. The highest BCUT2D eigenvalue weighted by Gasteiger charge is 2.65. The van der Waals surface area contributed by atoms with Gasteiger partial charge in [-0.2, -0.15) is 0 Å². The number of ether oxygens (including phenoxy) is 2. The van der Waals surface area contributed by atoms with Crippen LogP contribution in [0.15, 0.2) is 4.99 Å². The lowest BCUT2D eigenvalue weighted by Crippen LogP contribution is -2.70. The smallest absolute Gasteiger partial charge is 0.409 e. The number of nitrogens with one attached hydrogen (secondary N) is 1. The van der Waals surface area contributed by atoms with Crippen LogP contribution in [0.5, 0.6) is 0 Å². The molecule has 26 heavy (non-hydrogen) atoms. The van der Waals surface area contributed by atoms with Crippen LogP contribution in [-0.2, 0) is 9.47 Å². The summed E-state index contributed by atoms with van der Waals surface area (Å²) in [6, 6.07) is 0.485. The molecule has 2 aliphatic heterocycles. The van der Waals surface area contributed by atoms with Crippen LogP contribution in [0, 0.1) is 11.3 Å². The van der Waals surface area contributed by atoms with Gasteiger partial charge in [-0.15, -0.1) is 0 Å². The van der Waals surface area contributed by atoms with Crippen LogP contribution in [0.25, 0.3) is 0 Å². The Kier molecular flexibility index (Phi) is 4.99. The minimum atomic E-state index is -0.204. The summed E-state index contributed by atoms with van der Waals surface area (Å²) in [7, 11) is 1.86. The number of aliphatic imine (C=N–C) groups is 1. The minimum absolute atomic E-state index is 0.204. The molecule has 1 spiro atoms. The maximum atomic E-state index is 11.9. The zero-order valence-corrected chi connectivity index (χ0v) is 16.1. The molecule has 0 aromatic rings. The Morgan fingerprint density at radius 2 is 1.92 bits per heavy atom. The molecule has 0 bridgehead atoms. The van der Waals surface area contributed by atoms with Crippen molar-refractivity contribution in [2.45, 2.75) is 51.2 Å². The van der Waals surface area contributed by atoms with Gasteiger partial charge < -0.3 is 24.6 Å². The molecule has 4 fully saturated rings. The van der Waals surface area contributed by atoms with Crippen molar-refractivity contribution in [2.24, 2.45) is 16.3 Å². The molecular weight excluding hydrogens is 332 g/mol. The number of fused-ring (bicyclic) bond motifs is 2. The predicted octanol–water partition coefficient (Wildman–Crippen LogP) is 1.68. The molecule has 2 heterocycles. The summed E-state index contributed by atoms with van der Waals surface area (Å²) in [4.78, 5) is 20.5. The second kappa shape index (κ2) is 7.25. The van der Waals surface area contributed by atoms with E-state index in [-0.39, 0.29) is 6.09 Å². The predicted molar refractivity (Wildman–Crippen MR) is 99.2 cm³/mol. The Labute approximate surface area is 156 Å². The lowest BCUT2D eigenvalue weighted by Gasteiger charge is -2.57. The summed E-state index contributed by atoms with van der Waals surface area (Å²) in [5.74, 6) is 1.61. The van der Waals surface area contributed by atoms with E-state index in [1.807, 2.05) is 14.0 Å². The number of hydrogen-bond donors (Lipinski definition) is 1. The molecule has 4 aliphatic rings. The topological polar surface area (TPSA) is 66.4 Å². The van der Waals surface area contributed by atoms with Crippen LogP contribution >= 0.6 is 0 Å². The molecule has 2 saturated carbocycles. The molecule has 3 unspecified atom stereocenters. The molecule has 7 nitrogen and oxygen atoms in total. The average molecular weight is 364 g/mol. The van der Waals surface area contributed by atoms with Gasteiger partial charge in [-0.3, -0.25) is 4.99 Å². The number of carbonyl (C=O) groups is 1. The van der Waals surface area contributed by atoms with Crippen molar-refractivity contribution in [3.63, 3.8) is 0 Å². The van der Waals surface area contributed by atoms with Gasteiger partial charge in [-0.05, 0) is 26.2 Å². The first-order valence-corrected chi connectivity index (χ1v) is 10.2. The molecule has 0 aromatic carbocycles. The second-order valence-corrected chi connectivity index (χ2v) is 8.03. The van der Waals surface area contributed by atoms with Crippen LogP contribution in [0.4, 0.5) is 4.79 Å². The molecule has 7 heteroatoms. The van der Waals surface area contributed by atoms with E-state index in [4.69, 9.17) is 9.47 Å². The normalized spacial score (nSPS) is 33.2. The van der Waals surface area contributed by atoms with Crippen LogP contribution in [-0.4, -0.2) is 80.4 Å². The van der Waals surface area contributed by atoms with E-state index < -0.39 is 0 Å². The van der Waals surface area contributed by atoms with Crippen molar-refractivity contribution < 1.29 is 14.3 Å². The molecule has 1 N–H and O–H groups in total. The number of rotatable bonds is 2. The zero-order chi connectivity index (χ0) is 18.1. The number of nitrogens with zero attached hydrogens (tertiary/aromatic N) is 3. The molecule has 1 amide bonds. The second-order valence-electron chi connectivity index (χ2n) is 8.03. The van der Waals surface area contributed by atoms with Crippen molar-refractivity contribution in [1.82, 2.24) is 15.1 Å². The van der Waals surface area contributed by atoms with Gasteiger partial charge in [0.05, 0.1) is 12.7 Å². The molecule has 0 aromatic heterocycles. The van der Waals surface area contributed by atoms with Gasteiger partial charge >= 0.3 is 6.09 Å². The van der Waals surface area contributed by atoms with Crippen molar-refractivity contribution in [3.8, 4) is 0 Å².